The third kappa shape index (κ3) is 15.6. The van der Waals surface area contributed by atoms with Gasteiger partial charge in [0.1, 0.15) is 20.4 Å². The van der Waals surface area contributed by atoms with E-state index in [0.717, 1.165) is 10.6 Å². The zero-order chi connectivity index (χ0) is 12.0. The largest absolute Gasteiger partial charge is 0.307 e. The normalized spacial score (nSPS) is 5.67. The molecule has 1 radical (unpaired) electrons. The van der Waals surface area contributed by atoms with E-state index >= 15 is 0 Å². The van der Waals surface area contributed by atoms with Crippen LogP contribution in [0.25, 0.3) is 6.08 Å². The minimum Gasteiger partial charge on any atom is -0.307 e. The Morgan fingerprint density at radius 1 is 1.13 bits per heavy atom. The predicted octanol–water partition coefficient (Wildman–Crippen LogP) is 2.14. The molecule has 0 fully saturated rings. The maximum absolute atomic E-state index is 8.00. The maximum atomic E-state index is 8.00. The van der Waals surface area contributed by atoms with Crippen molar-refractivity contribution >= 4 is 38.0 Å². The van der Waals surface area contributed by atoms with Crippen LogP contribution in [0.2, 0.25) is 5.02 Å². The third-order valence-electron chi connectivity index (χ3n) is 0.975. The Balaban J connectivity index is -0.0000000755. The zero-order valence-corrected chi connectivity index (χ0v) is 10.1. The molecule has 0 heterocycles. The molecule has 0 atom stereocenters. The average molecular weight is 271 g/mol. The van der Waals surface area contributed by atoms with E-state index in [9.17, 15) is 0 Å². The summed E-state index contributed by atoms with van der Waals surface area (Å²) in [6.45, 7) is 9.59. The second-order valence-corrected chi connectivity index (χ2v) is 2.00. The first-order chi connectivity index (χ1) is 6.83. The minimum absolute atomic E-state index is 0. The smallest absolute Gasteiger partial charge is 0.106 e. The third-order valence-corrected chi connectivity index (χ3v) is 1.21. The quantitative estimate of drug-likeness (QED) is 0.580. The van der Waals surface area contributed by atoms with Crippen LogP contribution in [0.5, 0.6) is 0 Å². The molecule has 5 heteroatoms. The molecule has 0 aliphatic heterocycles. The Morgan fingerprint density at radius 3 is 1.67 bits per heavy atom. The van der Waals surface area contributed by atoms with Crippen molar-refractivity contribution in [3.05, 3.63) is 35.4 Å². The number of carbonyl (C=O) groups is 3. The number of hydrogen-bond acceptors (Lipinski definition) is 3. The van der Waals surface area contributed by atoms with Gasteiger partial charge in [0, 0.05) is 17.1 Å². The molecule has 0 aromatic heterocycles. The molecule has 0 bridgehead atoms. The fraction of sp³-hybridized carbons (Fsp3) is 0. The SMILES string of the molecule is C=C[c-]1ccc(Cl)c1.C=O.C=O.C=O.[Mn]. The molecule has 85 valence electrons. The van der Waals surface area contributed by atoms with Gasteiger partial charge in [0.05, 0.1) is 0 Å². The summed E-state index contributed by atoms with van der Waals surface area (Å²) < 4.78 is 0. The molecule has 1 rings (SSSR count). The standard InChI is InChI=1S/C7H6Cl.3CH2O.Mn/c1-2-6-3-4-7(8)5-6;3*1-2;/h2-5H,1H2;3*1H2;/q-1;;;;. The van der Waals surface area contributed by atoms with Gasteiger partial charge < -0.3 is 14.4 Å². The van der Waals surface area contributed by atoms with Crippen LogP contribution >= 0.6 is 11.6 Å². The molecule has 0 spiro atoms. The molecule has 3 nitrogen and oxygen atoms in total. The van der Waals surface area contributed by atoms with Crippen molar-refractivity contribution < 1.29 is 31.5 Å². The first-order valence-electron chi connectivity index (χ1n) is 3.24. The van der Waals surface area contributed by atoms with E-state index in [-0.39, 0.29) is 17.1 Å². The van der Waals surface area contributed by atoms with E-state index in [2.05, 4.69) is 6.58 Å². The van der Waals surface area contributed by atoms with Gasteiger partial charge >= 0.3 is 0 Å². The number of halogens is 1. The van der Waals surface area contributed by atoms with Crippen molar-refractivity contribution in [2.24, 2.45) is 0 Å². The monoisotopic (exact) mass is 270 g/mol. The summed E-state index contributed by atoms with van der Waals surface area (Å²) in [4.78, 5) is 24.0. The van der Waals surface area contributed by atoms with Crippen LogP contribution in [0.4, 0.5) is 0 Å². The Bertz CT molecular complexity index is 234. The molecule has 0 aliphatic carbocycles. The van der Waals surface area contributed by atoms with Crippen molar-refractivity contribution in [2.45, 2.75) is 0 Å². The Hall–Kier alpha value is -1.09. The number of hydrogen-bond donors (Lipinski definition) is 0. The van der Waals surface area contributed by atoms with Crippen molar-refractivity contribution in [1.29, 1.82) is 0 Å². The van der Waals surface area contributed by atoms with E-state index < -0.39 is 0 Å². The topological polar surface area (TPSA) is 51.2 Å². The molecule has 1 aromatic rings. The van der Waals surface area contributed by atoms with Crippen LogP contribution in [0.1, 0.15) is 5.56 Å². The summed E-state index contributed by atoms with van der Waals surface area (Å²) >= 11 is 5.59. The van der Waals surface area contributed by atoms with Crippen LogP contribution < -0.4 is 0 Å². The first-order valence-corrected chi connectivity index (χ1v) is 3.62. The van der Waals surface area contributed by atoms with E-state index in [4.69, 9.17) is 26.0 Å². The molecule has 0 aliphatic rings. The summed E-state index contributed by atoms with van der Waals surface area (Å²) in [5.74, 6) is 0. The summed E-state index contributed by atoms with van der Waals surface area (Å²) in [5.41, 5.74) is 1.08. The van der Waals surface area contributed by atoms with Gasteiger partial charge in [0.2, 0.25) is 0 Å². The average Bonchev–Trinajstić information content (AvgIpc) is 2.73. The van der Waals surface area contributed by atoms with Crippen molar-refractivity contribution in [1.82, 2.24) is 0 Å². The van der Waals surface area contributed by atoms with Crippen molar-refractivity contribution in [3.63, 3.8) is 0 Å². The van der Waals surface area contributed by atoms with Crippen LogP contribution in [0, 0.1) is 0 Å². The molecule has 0 N–H and O–H groups in total. The Labute approximate surface area is 105 Å². The maximum Gasteiger partial charge on any atom is 0.106 e. The van der Waals surface area contributed by atoms with Crippen LogP contribution in [0.3, 0.4) is 0 Å². The van der Waals surface area contributed by atoms with Gasteiger partial charge in [0.15, 0.2) is 0 Å². The summed E-state index contributed by atoms with van der Waals surface area (Å²) in [6.07, 6.45) is 1.77. The molecule has 1 aromatic carbocycles. The van der Waals surface area contributed by atoms with Crippen LogP contribution in [-0.2, 0) is 31.5 Å². The van der Waals surface area contributed by atoms with Crippen LogP contribution in [0.15, 0.2) is 24.8 Å². The van der Waals surface area contributed by atoms with Gasteiger partial charge in [-0.15, -0.1) is 23.8 Å². The fourth-order valence-electron chi connectivity index (χ4n) is 0.558. The van der Waals surface area contributed by atoms with E-state index in [1.54, 1.807) is 6.08 Å². The summed E-state index contributed by atoms with van der Waals surface area (Å²) in [6, 6.07) is 5.64. The molecule has 0 saturated heterocycles. The molecular formula is C10H12ClMnO3-. The van der Waals surface area contributed by atoms with Crippen LogP contribution in [-0.4, -0.2) is 20.4 Å². The van der Waals surface area contributed by atoms with E-state index in [1.807, 2.05) is 38.6 Å². The molecular weight excluding hydrogens is 258 g/mol. The second kappa shape index (κ2) is 23.1. The van der Waals surface area contributed by atoms with Gasteiger partial charge in [-0.3, -0.25) is 0 Å². The molecule has 0 saturated carbocycles. The molecule has 15 heavy (non-hydrogen) atoms. The zero-order valence-electron chi connectivity index (χ0n) is 8.12. The van der Waals surface area contributed by atoms with E-state index in [0.29, 0.717) is 0 Å². The molecule has 0 amide bonds. The minimum atomic E-state index is 0. The van der Waals surface area contributed by atoms with Crippen molar-refractivity contribution in [3.8, 4) is 0 Å². The Morgan fingerprint density at radius 2 is 1.53 bits per heavy atom. The van der Waals surface area contributed by atoms with Gasteiger partial charge in [-0.05, 0) is 0 Å². The summed E-state index contributed by atoms with van der Waals surface area (Å²) in [7, 11) is 0. The van der Waals surface area contributed by atoms with Gasteiger partial charge in [-0.25, -0.2) is 0 Å². The predicted molar refractivity (Wildman–Crippen MR) is 58.5 cm³/mol. The molecule has 0 unspecified atom stereocenters. The van der Waals surface area contributed by atoms with Gasteiger partial charge in [0.25, 0.3) is 0 Å². The number of carbonyl (C=O) groups excluding carboxylic acids is 3. The Kier molecular flexibility index (Phi) is 36.3. The van der Waals surface area contributed by atoms with E-state index in [1.165, 1.54) is 0 Å². The van der Waals surface area contributed by atoms with Gasteiger partial charge in [-0.2, -0.15) is 24.2 Å². The first kappa shape index (κ1) is 23.6. The number of rotatable bonds is 1. The summed E-state index contributed by atoms with van der Waals surface area (Å²) in [5, 5.41) is 0.778. The van der Waals surface area contributed by atoms with Gasteiger partial charge in [-0.1, -0.05) is 5.02 Å². The second-order valence-electron chi connectivity index (χ2n) is 1.57. The van der Waals surface area contributed by atoms with Crippen molar-refractivity contribution in [2.75, 3.05) is 0 Å². The fourth-order valence-corrected chi connectivity index (χ4v) is 0.747.